The average molecular weight is 253 g/mol. The molecule has 0 unspecified atom stereocenters. The summed E-state index contributed by atoms with van der Waals surface area (Å²) in [4.78, 5) is 15.3. The molecule has 0 aromatic carbocycles. The minimum Gasteiger partial charge on any atom is -0.455 e. The molecular formula is C9H11N5O2S. The number of hydrazine groups is 1. The van der Waals surface area contributed by atoms with Crippen molar-refractivity contribution in [3.8, 4) is 0 Å². The van der Waals surface area contributed by atoms with Crippen LogP contribution in [0.2, 0.25) is 0 Å². The standard InChI is InChI=1S/C9H11N5O2S/c1-5-2-6(16-7(5)8(15)13-10)3-17-9-11-4-12-14-9/h2,4H,3,10H2,1H3,(H,13,15)(H,11,12,14). The summed E-state index contributed by atoms with van der Waals surface area (Å²) < 4.78 is 5.39. The van der Waals surface area contributed by atoms with Crippen LogP contribution in [0.5, 0.6) is 0 Å². The van der Waals surface area contributed by atoms with E-state index in [1.807, 2.05) is 5.43 Å². The summed E-state index contributed by atoms with van der Waals surface area (Å²) in [7, 11) is 0. The first-order chi connectivity index (χ1) is 8.20. The van der Waals surface area contributed by atoms with Gasteiger partial charge in [0.25, 0.3) is 0 Å². The Labute approximate surface area is 101 Å². The zero-order chi connectivity index (χ0) is 12.3. The quantitative estimate of drug-likeness (QED) is 0.318. The highest BCUT2D eigenvalue weighted by atomic mass is 32.2. The number of furan rings is 1. The minimum absolute atomic E-state index is 0.237. The highest BCUT2D eigenvalue weighted by molar-refractivity contribution is 7.98. The summed E-state index contributed by atoms with van der Waals surface area (Å²) in [6.45, 7) is 1.79. The molecule has 2 aromatic heterocycles. The second-order valence-corrected chi connectivity index (χ2v) is 4.24. The van der Waals surface area contributed by atoms with Crippen LogP contribution in [0.15, 0.2) is 22.0 Å². The molecule has 0 aliphatic rings. The zero-order valence-corrected chi connectivity index (χ0v) is 9.87. The number of nitrogens with two attached hydrogens (primary N) is 1. The Bertz CT molecular complexity index is 507. The number of hydrogen-bond acceptors (Lipinski definition) is 6. The molecule has 0 saturated heterocycles. The SMILES string of the molecule is Cc1cc(CSc2ncn[nH]2)oc1C(=O)NN. The molecule has 4 N–H and O–H groups in total. The number of nitrogens with one attached hydrogen (secondary N) is 2. The van der Waals surface area contributed by atoms with E-state index in [-0.39, 0.29) is 5.76 Å². The van der Waals surface area contributed by atoms with Crippen LogP contribution in [0.3, 0.4) is 0 Å². The number of nitrogen functional groups attached to an aromatic ring is 1. The third kappa shape index (κ3) is 2.66. The summed E-state index contributed by atoms with van der Waals surface area (Å²) in [6.07, 6.45) is 1.43. The summed E-state index contributed by atoms with van der Waals surface area (Å²) in [5, 5.41) is 7.15. The lowest BCUT2D eigenvalue weighted by molar-refractivity contribution is 0.0923. The van der Waals surface area contributed by atoms with E-state index in [1.54, 1.807) is 13.0 Å². The maximum Gasteiger partial charge on any atom is 0.301 e. The fraction of sp³-hybridized carbons (Fsp3) is 0.222. The van der Waals surface area contributed by atoms with Crippen molar-refractivity contribution in [3.63, 3.8) is 0 Å². The lowest BCUT2D eigenvalue weighted by Gasteiger charge is -1.96. The summed E-state index contributed by atoms with van der Waals surface area (Å²) in [5.41, 5.74) is 2.79. The van der Waals surface area contributed by atoms with Crippen molar-refractivity contribution in [1.29, 1.82) is 0 Å². The van der Waals surface area contributed by atoms with Gasteiger partial charge in [-0.2, -0.15) is 5.10 Å². The smallest absolute Gasteiger partial charge is 0.301 e. The fourth-order valence-electron chi connectivity index (χ4n) is 1.31. The van der Waals surface area contributed by atoms with Crippen LogP contribution in [-0.4, -0.2) is 21.1 Å². The van der Waals surface area contributed by atoms with E-state index in [0.717, 1.165) is 5.56 Å². The molecule has 0 aliphatic heterocycles. The van der Waals surface area contributed by atoms with Crippen molar-refractivity contribution in [3.05, 3.63) is 29.5 Å². The predicted molar refractivity (Wildman–Crippen MR) is 61.0 cm³/mol. The molecule has 1 amide bonds. The van der Waals surface area contributed by atoms with Crippen LogP contribution < -0.4 is 11.3 Å². The van der Waals surface area contributed by atoms with E-state index >= 15 is 0 Å². The van der Waals surface area contributed by atoms with Gasteiger partial charge in [-0.05, 0) is 13.0 Å². The topological polar surface area (TPSA) is 110 Å². The van der Waals surface area contributed by atoms with E-state index in [4.69, 9.17) is 10.3 Å². The molecule has 7 nitrogen and oxygen atoms in total. The highest BCUT2D eigenvalue weighted by Gasteiger charge is 2.14. The Morgan fingerprint density at radius 2 is 2.53 bits per heavy atom. The van der Waals surface area contributed by atoms with E-state index in [9.17, 15) is 4.79 Å². The number of carbonyl (C=O) groups is 1. The van der Waals surface area contributed by atoms with Crippen molar-refractivity contribution in [2.75, 3.05) is 0 Å². The Morgan fingerprint density at radius 3 is 3.18 bits per heavy atom. The number of thioether (sulfide) groups is 1. The number of amides is 1. The van der Waals surface area contributed by atoms with Gasteiger partial charge in [0.1, 0.15) is 12.1 Å². The Morgan fingerprint density at radius 1 is 1.71 bits per heavy atom. The highest BCUT2D eigenvalue weighted by Crippen LogP contribution is 2.22. The number of hydrogen-bond donors (Lipinski definition) is 3. The van der Waals surface area contributed by atoms with Crippen molar-refractivity contribution in [2.24, 2.45) is 5.84 Å². The maximum atomic E-state index is 11.3. The lowest BCUT2D eigenvalue weighted by atomic mass is 10.2. The third-order valence-electron chi connectivity index (χ3n) is 2.05. The van der Waals surface area contributed by atoms with Crippen molar-refractivity contribution < 1.29 is 9.21 Å². The van der Waals surface area contributed by atoms with Gasteiger partial charge in [-0.3, -0.25) is 15.3 Å². The number of carbonyl (C=O) groups excluding carboxylic acids is 1. The molecule has 0 bridgehead atoms. The molecule has 8 heteroatoms. The maximum absolute atomic E-state index is 11.3. The molecule has 2 aromatic rings. The predicted octanol–water partition coefficient (Wildman–Crippen LogP) is 0.602. The molecule has 17 heavy (non-hydrogen) atoms. The largest absolute Gasteiger partial charge is 0.455 e. The first-order valence-corrected chi connectivity index (χ1v) is 5.77. The third-order valence-corrected chi connectivity index (χ3v) is 2.95. The van der Waals surface area contributed by atoms with Gasteiger partial charge in [-0.15, -0.1) is 0 Å². The Balaban J connectivity index is 2.05. The van der Waals surface area contributed by atoms with Gasteiger partial charge in [-0.1, -0.05) is 11.8 Å². The van der Waals surface area contributed by atoms with Gasteiger partial charge in [0, 0.05) is 5.56 Å². The molecule has 0 spiro atoms. The van der Waals surface area contributed by atoms with Crippen molar-refractivity contribution in [1.82, 2.24) is 20.6 Å². The lowest BCUT2D eigenvalue weighted by Crippen LogP contribution is -2.30. The minimum atomic E-state index is -0.432. The number of aromatic nitrogens is 3. The first kappa shape index (κ1) is 11.7. The zero-order valence-electron chi connectivity index (χ0n) is 9.06. The van der Waals surface area contributed by atoms with Gasteiger partial charge in [0.05, 0.1) is 5.75 Å². The summed E-state index contributed by atoms with van der Waals surface area (Å²) in [5.74, 6) is 6.10. The molecule has 90 valence electrons. The van der Waals surface area contributed by atoms with Crippen LogP contribution in [0, 0.1) is 6.92 Å². The first-order valence-electron chi connectivity index (χ1n) is 4.79. The van der Waals surface area contributed by atoms with Gasteiger partial charge < -0.3 is 4.42 Å². The van der Waals surface area contributed by atoms with Crippen molar-refractivity contribution in [2.45, 2.75) is 17.8 Å². The summed E-state index contributed by atoms with van der Waals surface area (Å²) >= 11 is 1.44. The molecule has 2 rings (SSSR count). The normalized spacial score (nSPS) is 10.5. The number of aryl methyl sites for hydroxylation is 1. The van der Waals surface area contributed by atoms with Crippen LogP contribution >= 0.6 is 11.8 Å². The van der Waals surface area contributed by atoms with Crippen LogP contribution in [0.1, 0.15) is 21.9 Å². The van der Waals surface area contributed by atoms with E-state index in [1.165, 1.54) is 18.1 Å². The van der Waals surface area contributed by atoms with Gasteiger partial charge in [0.15, 0.2) is 10.9 Å². The Hall–Kier alpha value is -1.80. The van der Waals surface area contributed by atoms with E-state index < -0.39 is 5.91 Å². The number of aromatic amines is 1. The molecule has 0 atom stereocenters. The monoisotopic (exact) mass is 253 g/mol. The second-order valence-electron chi connectivity index (χ2n) is 3.28. The number of rotatable bonds is 4. The molecular weight excluding hydrogens is 242 g/mol. The van der Waals surface area contributed by atoms with E-state index in [2.05, 4.69) is 15.2 Å². The van der Waals surface area contributed by atoms with Gasteiger partial charge in [0.2, 0.25) is 0 Å². The Kier molecular flexibility index (Phi) is 3.45. The molecule has 0 radical (unpaired) electrons. The number of H-pyrrole nitrogens is 1. The fourth-order valence-corrected chi connectivity index (χ4v) is 1.97. The van der Waals surface area contributed by atoms with Crippen LogP contribution in [0.4, 0.5) is 0 Å². The van der Waals surface area contributed by atoms with Crippen LogP contribution in [-0.2, 0) is 5.75 Å². The summed E-state index contributed by atoms with van der Waals surface area (Å²) in [6, 6.07) is 1.80. The average Bonchev–Trinajstić information content (AvgIpc) is 2.94. The molecule has 2 heterocycles. The van der Waals surface area contributed by atoms with Crippen molar-refractivity contribution >= 4 is 17.7 Å². The van der Waals surface area contributed by atoms with Gasteiger partial charge in [-0.25, -0.2) is 10.8 Å². The molecule has 0 fully saturated rings. The number of nitrogens with zero attached hydrogens (tertiary/aromatic N) is 2. The molecule has 0 saturated carbocycles. The van der Waals surface area contributed by atoms with E-state index in [0.29, 0.717) is 16.7 Å². The molecule has 0 aliphatic carbocycles. The van der Waals surface area contributed by atoms with Crippen LogP contribution in [0.25, 0.3) is 0 Å². The van der Waals surface area contributed by atoms with Gasteiger partial charge >= 0.3 is 5.91 Å². The second kappa shape index (κ2) is 5.02.